The zero-order valence-corrected chi connectivity index (χ0v) is 22.1. The number of nitrogens with one attached hydrogen (secondary N) is 2. The second kappa shape index (κ2) is 12.8. The Morgan fingerprint density at radius 1 is 1.00 bits per heavy atom. The van der Waals surface area contributed by atoms with Crippen LogP contribution in [0.5, 0.6) is 0 Å². The molecule has 0 bridgehead atoms. The summed E-state index contributed by atoms with van der Waals surface area (Å²) in [6, 6.07) is 13.1. The number of carbonyl (C=O) groups excluding carboxylic acids is 2. The minimum atomic E-state index is -4.39. The van der Waals surface area contributed by atoms with Crippen LogP contribution in [0.2, 0.25) is 5.02 Å². The van der Waals surface area contributed by atoms with E-state index < -0.39 is 11.7 Å². The molecule has 0 spiro atoms. The van der Waals surface area contributed by atoms with Crippen LogP contribution in [0, 0.1) is 0 Å². The SMILES string of the molecule is CN(C)C1(Cc2cccc(Cl)c2)CCC(NC(=O)CCC(=O)NCCc2cccc(C(F)(F)F)c2)CC1. The molecule has 3 rings (SSSR count). The first-order chi connectivity index (χ1) is 17.5. The number of likely N-dealkylation sites (N-methyl/N-ethyl adjacent to an activating group) is 1. The van der Waals surface area contributed by atoms with Crippen molar-refractivity contribution in [3.8, 4) is 0 Å². The van der Waals surface area contributed by atoms with Crippen LogP contribution in [0.15, 0.2) is 48.5 Å². The highest BCUT2D eigenvalue weighted by Gasteiger charge is 2.37. The van der Waals surface area contributed by atoms with E-state index in [0.717, 1.165) is 49.3 Å². The van der Waals surface area contributed by atoms with Crippen molar-refractivity contribution in [1.82, 2.24) is 15.5 Å². The lowest BCUT2D eigenvalue weighted by Gasteiger charge is -2.45. The van der Waals surface area contributed by atoms with E-state index in [-0.39, 0.29) is 49.2 Å². The fourth-order valence-corrected chi connectivity index (χ4v) is 5.19. The van der Waals surface area contributed by atoms with Crippen LogP contribution in [0.3, 0.4) is 0 Å². The molecule has 1 aliphatic rings. The molecule has 202 valence electrons. The lowest BCUT2D eigenvalue weighted by atomic mass is 9.75. The quantitative estimate of drug-likeness (QED) is 0.426. The smallest absolute Gasteiger partial charge is 0.356 e. The number of hydrogen-bond acceptors (Lipinski definition) is 3. The van der Waals surface area contributed by atoms with Gasteiger partial charge in [0, 0.05) is 36.0 Å². The standard InChI is InChI=1S/C28H35ClF3N3O2/c1-35(2)27(19-21-6-4-8-23(29)18-21)14-11-24(12-15-27)34-26(37)10-9-25(36)33-16-13-20-5-3-7-22(17-20)28(30,31)32/h3-8,17-18,24H,9-16,19H2,1-2H3,(H,33,36)(H,34,37). The van der Waals surface area contributed by atoms with Crippen LogP contribution < -0.4 is 10.6 Å². The van der Waals surface area contributed by atoms with Crippen LogP contribution in [-0.4, -0.2) is 48.9 Å². The molecule has 1 fully saturated rings. The molecule has 0 saturated heterocycles. The maximum atomic E-state index is 12.8. The first-order valence-electron chi connectivity index (χ1n) is 12.6. The van der Waals surface area contributed by atoms with Crippen molar-refractivity contribution in [3.63, 3.8) is 0 Å². The molecule has 0 aromatic heterocycles. The Morgan fingerprint density at radius 3 is 2.30 bits per heavy atom. The van der Waals surface area contributed by atoms with Gasteiger partial charge >= 0.3 is 6.18 Å². The Balaban J connectivity index is 1.38. The third kappa shape index (κ3) is 8.75. The van der Waals surface area contributed by atoms with Gasteiger partial charge in [0.2, 0.25) is 11.8 Å². The highest BCUT2D eigenvalue weighted by molar-refractivity contribution is 6.30. The second-order valence-corrected chi connectivity index (χ2v) is 10.5. The maximum Gasteiger partial charge on any atom is 0.416 e. The number of nitrogens with zero attached hydrogens (tertiary/aromatic N) is 1. The second-order valence-electron chi connectivity index (χ2n) is 10.1. The van der Waals surface area contributed by atoms with E-state index in [9.17, 15) is 22.8 Å². The van der Waals surface area contributed by atoms with Crippen LogP contribution in [-0.2, 0) is 28.6 Å². The van der Waals surface area contributed by atoms with Gasteiger partial charge in [0.1, 0.15) is 0 Å². The largest absolute Gasteiger partial charge is 0.416 e. The summed E-state index contributed by atoms with van der Waals surface area (Å²) >= 11 is 6.17. The molecule has 2 amide bonds. The predicted molar refractivity (Wildman–Crippen MR) is 139 cm³/mol. The first-order valence-corrected chi connectivity index (χ1v) is 13.0. The molecule has 37 heavy (non-hydrogen) atoms. The van der Waals surface area contributed by atoms with Gasteiger partial charge in [-0.05, 0) is 81.9 Å². The average molecular weight is 538 g/mol. The summed E-state index contributed by atoms with van der Waals surface area (Å²) in [7, 11) is 4.18. The molecule has 2 aromatic carbocycles. The highest BCUT2D eigenvalue weighted by atomic mass is 35.5. The zero-order chi connectivity index (χ0) is 27.1. The number of halogens is 4. The number of carbonyl (C=O) groups is 2. The Kier molecular flexibility index (Phi) is 10.0. The summed E-state index contributed by atoms with van der Waals surface area (Å²) in [5, 5.41) is 6.47. The van der Waals surface area contributed by atoms with E-state index >= 15 is 0 Å². The lowest BCUT2D eigenvalue weighted by molar-refractivity contribution is -0.137. The van der Waals surface area contributed by atoms with Crippen LogP contribution in [0.25, 0.3) is 0 Å². The molecule has 2 aromatic rings. The van der Waals surface area contributed by atoms with Gasteiger partial charge < -0.3 is 15.5 Å². The van der Waals surface area contributed by atoms with Gasteiger partial charge in [-0.1, -0.05) is 41.9 Å². The lowest BCUT2D eigenvalue weighted by Crippen LogP contribution is -2.52. The van der Waals surface area contributed by atoms with Gasteiger partial charge in [0.15, 0.2) is 0 Å². The Morgan fingerprint density at radius 2 is 1.65 bits per heavy atom. The number of rotatable bonds is 10. The molecule has 0 heterocycles. The number of benzene rings is 2. The van der Waals surface area contributed by atoms with E-state index in [0.29, 0.717) is 5.56 Å². The van der Waals surface area contributed by atoms with Crippen molar-refractivity contribution in [1.29, 1.82) is 0 Å². The fraction of sp³-hybridized carbons (Fsp3) is 0.500. The van der Waals surface area contributed by atoms with Crippen molar-refractivity contribution >= 4 is 23.4 Å². The van der Waals surface area contributed by atoms with Gasteiger partial charge in [-0.2, -0.15) is 13.2 Å². The number of amides is 2. The van der Waals surface area contributed by atoms with E-state index in [1.165, 1.54) is 11.6 Å². The summed E-state index contributed by atoms with van der Waals surface area (Å²) in [6.45, 7) is 0.212. The van der Waals surface area contributed by atoms with Crippen LogP contribution in [0.4, 0.5) is 13.2 Å². The van der Waals surface area contributed by atoms with E-state index in [1.807, 2.05) is 18.2 Å². The minimum Gasteiger partial charge on any atom is -0.356 e. The molecule has 0 aliphatic heterocycles. The Bertz CT molecular complexity index is 1070. The van der Waals surface area contributed by atoms with Crippen molar-refractivity contribution < 1.29 is 22.8 Å². The van der Waals surface area contributed by atoms with Crippen LogP contribution >= 0.6 is 11.6 Å². The van der Waals surface area contributed by atoms with Crippen LogP contribution in [0.1, 0.15) is 55.2 Å². The molecule has 5 nitrogen and oxygen atoms in total. The third-order valence-electron chi connectivity index (χ3n) is 7.22. The average Bonchev–Trinajstić information content (AvgIpc) is 2.84. The number of hydrogen-bond donors (Lipinski definition) is 2. The van der Waals surface area contributed by atoms with E-state index in [4.69, 9.17) is 11.6 Å². The van der Waals surface area contributed by atoms with Gasteiger partial charge in [-0.15, -0.1) is 0 Å². The number of alkyl halides is 3. The summed E-state index contributed by atoms with van der Waals surface area (Å²) in [4.78, 5) is 26.8. The summed E-state index contributed by atoms with van der Waals surface area (Å²) in [5.74, 6) is -0.455. The third-order valence-corrected chi connectivity index (χ3v) is 7.46. The summed E-state index contributed by atoms with van der Waals surface area (Å²) in [6.07, 6.45) is 0.483. The van der Waals surface area contributed by atoms with Crippen molar-refractivity contribution in [2.45, 2.75) is 69.1 Å². The van der Waals surface area contributed by atoms with Gasteiger partial charge in [0.25, 0.3) is 0 Å². The molecule has 0 radical (unpaired) electrons. The molecular formula is C28H35ClF3N3O2. The zero-order valence-electron chi connectivity index (χ0n) is 21.3. The predicted octanol–water partition coefficient (Wildman–Crippen LogP) is 5.40. The normalized spacial score (nSPS) is 20.0. The van der Waals surface area contributed by atoms with Gasteiger partial charge in [0.05, 0.1) is 5.56 Å². The van der Waals surface area contributed by atoms with Crippen molar-refractivity contribution in [2.75, 3.05) is 20.6 Å². The van der Waals surface area contributed by atoms with Crippen molar-refractivity contribution in [2.24, 2.45) is 0 Å². The molecule has 1 saturated carbocycles. The summed E-state index contributed by atoms with van der Waals surface area (Å²) < 4.78 is 38.5. The van der Waals surface area contributed by atoms with Crippen molar-refractivity contribution in [3.05, 3.63) is 70.2 Å². The molecule has 2 N–H and O–H groups in total. The van der Waals surface area contributed by atoms with Gasteiger partial charge in [-0.25, -0.2) is 0 Å². The maximum absolute atomic E-state index is 12.8. The minimum absolute atomic E-state index is 0.00537. The van der Waals surface area contributed by atoms with E-state index in [1.54, 1.807) is 6.07 Å². The first kappa shape index (κ1) is 29.0. The molecule has 9 heteroatoms. The van der Waals surface area contributed by atoms with Gasteiger partial charge in [-0.3, -0.25) is 9.59 Å². The topological polar surface area (TPSA) is 61.4 Å². The Labute approximate surface area is 221 Å². The molecule has 0 atom stereocenters. The monoisotopic (exact) mass is 537 g/mol. The molecule has 0 unspecified atom stereocenters. The fourth-order valence-electron chi connectivity index (χ4n) is 4.97. The van der Waals surface area contributed by atoms with E-state index in [2.05, 4.69) is 35.7 Å². The Hall–Kier alpha value is -2.58. The summed E-state index contributed by atoms with van der Waals surface area (Å²) in [5.41, 5.74) is 0.992. The highest BCUT2D eigenvalue weighted by Crippen LogP contribution is 2.36. The molecule has 1 aliphatic carbocycles. The molecular weight excluding hydrogens is 503 g/mol.